The number of ether oxygens (including phenoxy) is 1. The van der Waals surface area contributed by atoms with Gasteiger partial charge in [0.2, 0.25) is 0 Å². The van der Waals surface area contributed by atoms with Gasteiger partial charge in [-0.2, -0.15) is 0 Å². The molecule has 0 unspecified atom stereocenters. The van der Waals surface area contributed by atoms with Crippen molar-refractivity contribution in [2.45, 2.75) is 13.8 Å². The van der Waals surface area contributed by atoms with Crippen LogP contribution < -0.4 is 4.74 Å². The van der Waals surface area contributed by atoms with Gasteiger partial charge in [-0.25, -0.2) is 4.79 Å². The van der Waals surface area contributed by atoms with Crippen LogP contribution in [-0.2, 0) is 7.05 Å². The van der Waals surface area contributed by atoms with E-state index in [2.05, 4.69) is 0 Å². The third-order valence-electron chi connectivity index (χ3n) is 3.28. The van der Waals surface area contributed by atoms with Gasteiger partial charge in [-0.15, -0.1) is 0 Å². The molecule has 1 aromatic carbocycles. The number of carboxylic acids is 1. The highest BCUT2D eigenvalue weighted by Gasteiger charge is 2.26. The molecule has 0 spiro atoms. The molecule has 1 aromatic heterocycles. The first-order chi connectivity index (χ1) is 8.90. The lowest BCUT2D eigenvalue weighted by molar-refractivity contribution is 0.0682. The van der Waals surface area contributed by atoms with Crippen LogP contribution in [0.25, 0.3) is 10.9 Å². The maximum Gasteiger partial charge on any atom is 0.353 e. The second-order valence-electron chi connectivity index (χ2n) is 4.45. The van der Waals surface area contributed by atoms with Gasteiger partial charge < -0.3 is 14.4 Å². The quantitative estimate of drug-likeness (QED) is 0.861. The van der Waals surface area contributed by atoms with Gasteiger partial charge in [0.15, 0.2) is 5.78 Å². The second-order valence-corrected chi connectivity index (χ2v) is 4.45. The fraction of sp³-hybridized carbons (Fsp3) is 0.286. The average Bonchev–Trinajstić information content (AvgIpc) is 2.65. The summed E-state index contributed by atoms with van der Waals surface area (Å²) in [4.78, 5) is 23.2. The number of rotatable bonds is 3. The first kappa shape index (κ1) is 13.1. The SMILES string of the molecule is COc1ccc(C)c2c(C(C)=O)c(C(=O)O)n(C)c12. The van der Waals surface area contributed by atoms with Crippen LogP contribution in [-0.4, -0.2) is 28.5 Å². The lowest BCUT2D eigenvalue weighted by Crippen LogP contribution is -2.09. The normalized spacial score (nSPS) is 10.7. The predicted molar refractivity (Wildman–Crippen MR) is 71.2 cm³/mol. The number of ketones is 1. The van der Waals surface area contributed by atoms with E-state index in [4.69, 9.17) is 4.74 Å². The molecule has 0 bridgehead atoms. The fourth-order valence-corrected chi connectivity index (χ4v) is 2.48. The Bertz CT molecular complexity index is 697. The van der Waals surface area contributed by atoms with Gasteiger partial charge in [-0.3, -0.25) is 4.79 Å². The molecule has 1 N–H and O–H groups in total. The molecule has 0 atom stereocenters. The molecule has 0 aliphatic carbocycles. The minimum atomic E-state index is -1.12. The summed E-state index contributed by atoms with van der Waals surface area (Å²) in [6, 6.07) is 3.59. The zero-order chi connectivity index (χ0) is 14.3. The molecule has 0 saturated carbocycles. The minimum Gasteiger partial charge on any atom is -0.495 e. The van der Waals surface area contributed by atoms with Gasteiger partial charge in [-0.1, -0.05) is 6.07 Å². The van der Waals surface area contributed by atoms with E-state index in [1.807, 2.05) is 13.0 Å². The number of hydrogen-bond donors (Lipinski definition) is 1. The Hall–Kier alpha value is -2.30. The van der Waals surface area contributed by atoms with Crippen molar-refractivity contribution in [2.24, 2.45) is 7.05 Å². The zero-order valence-electron chi connectivity index (χ0n) is 11.3. The van der Waals surface area contributed by atoms with Crippen molar-refractivity contribution in [3.05, 3.63) is 29.0 Å². The molecule has 5 nitrogen and oxygen atoms in total. The minimum absolute atomic E-state index is 0.00454. The van der Waals surface area contributed by atoms with Crippen LogP contribution in [0.3, 0.4) is 0 Å². The summed E-state index contributed by atoms with van der Waals surface area (Å²) in [6.07, 6.45) is 0. The average molecular weight is 261 g/mol. The van der Waals surface area contributed by atoms with Crippen LogP contribution >= 0.6 is 0 Å². The third-order valence-corrected chi connectivity index (χ3v) is 3.28. The number of aromatic nitrogens is 1. The Labute approximate surface area is 110 Å². The molecule has 0 fully saturated rings. The summed E-state index contributed by atoms with van der Waals surface area (Å²) in [5.41, 5.74) is 1.71. The van der Waals surface area contributed by atoms with Crippen LogP contribution in [0.4, 0.5) is 0 Å². The Morgan fingerprint density at radius 2 is 1.95 bits per heavy atom. The number of methoxy groups -OCH3 is 1. The molecule has 0 aliphatic rings. The maximum atomic E-state index is 11.8. The first-order valence-corrected chi connectivity index (χ1v) is 5.80. The molecular weight excluding hydrogens is 246 g/mol. The number of hydrogen-bond acceptors (Lipinski definition) is 3. The number of aryl methyl sites for hydroxylation is 2. The number of carboxylic acid groups (broad SMARTS) is 1. The van der Waals surface area contributed by atoms with Crippen LogP contribution in [0.15, 0.2) is 12.1 Å². The number of carbonyl (C=O) groups is 2. The van der Waals surface area contributed by atoms with E-state index in [0.29, 0.717) is 16.7 Å². The number of aromatic carboxylic acids is 1. The van der Waals surface area contributed by atoms with Crippen molar-refractivity contribution in [1.82, 2.24) is 4.57 Å². The highest BCUT2D eigenvalue weighted by Crippen LogP contribution is 2.35. The molecule has 5 heteroatoms. The smallest absolute Gasteiger partial charge is 0.353 e. The summed E-state index contributed by atoms with van der Waals surface area (Å²) in [5, 5.41) is 9.98. The zero-order valence-corrected chi connectivity index (χ0v) is 11.3. The topological polar surface area (TPSA) is 68.5 Å². The van der Waals surface area contributed by atoms with Crippen LogP contribution in [0.5, 0.6) is 5.75 Å². The predicted octanol–water partition coefficient (Wildman–Crippen LogP) is 2.40. The number of carbonyl (C=O) groups excluding carboxylic acids is 1. The molecule has 2 rings (SSSR count). The van der Waals surface area contributed by atoms with Gasteiger partial charge in [0.25, 0.3) is 0 Å². The van der Waals surface area contributed by atoms with Crippen LogP contribution in [0, 0.1) is 6.92 Å². The molecule has 2 aromatic rings. The van der Waals surface area contributed by atoms with Gasteiger partial charge in [0.05, 0.1) is 18.2 Å². The summed E-state index contributed by atoms with van der Waals surface area (Å²) in [7, 11) is 3.14. The molecule has 0 radical (unpaired) electrons. The maximum absolute atomic E-state index is 11.8. The van der Waals surface area contributed by atoms with Gasteiger partial charge >= 0.3 is 5.97 Å². The molecule has 100 valence electrons. The molecule has 0 aliphatic heterocycles. The number of nitrogens with zero attached hydrogens (tertiary/aromatic N) is 1. The Balaban J connectivity index is 3.09. The Morgan fingerprint density at radius 1 is 1.32 bits per heavy atom. The summed E-state index contributed by atoms with van der Waals surface area (Å²) >= 11 is 0. The lowest BCUT2D eigenvalue weighted by Gasteiger charge is -2.06. The third kappa shape index (κ3) is 1.78. The van der Waals surface area contributed by atoms with Crippen LogP contribution in [0.1, 0.15) is 33.3 Å². The highest BCUT2D eigenvalue weighted by molar-refractivity contribution is 6.16. The molecule has 19 heavy (non-hydrogen) atoms. The van der Waals surface area contributed by atoms with Crippen LogP contribution in [0.2, 0.25) is 0 Å². The Kier molecular flexibility index (Phi) is 3.06. The second kappa shape index (κ2) is 4.42. The first-order valence-electron chi connectivity index (χ1n) is 5.80. The van der Waals surface area contributed by atoms with Crippen molar-refractivity contribution in [3.8, 4) is 5.75 Å². The van der Waals surface area contributed by atoms with E-state index in [1.165, 1.54) is 18.6 Å². The van der Waals surface area contributed by atoms with Crippen molar-refractivity contribution < 1.29 is 19.4 Å². The van der Waals surface area contributed by atoms with E-state index in [0.717, 1.165) is 5.56 Å². The van der Waals surface area contributed by atoms with Gasteiger partial charge in [0, 0.05) is 12.4 Å². The molecule has 0 saturated heterocycles. The van der Waals surface area contributed by atoms with Gasteiger partial charge in [0.1, 0.15) is 11.4 Å². The van der Waals surface area contributed by atoms with Gasteiger partial charge in [-0.05, 0) is 25.5 Å². The molecule has 0 amide bonds. The monoisotopic (exact) mass is 261 g/mol. The van der Waals surface area contributed by atoms with E-state index in [-0.39, 0.29) is 17.0 Å². The summed E-state index contributed by atoms with van der Waals surface area (Å²) in [6.45, 7) is 3.22. The van der Waals surface area contributed by atoms with Crippen molar-refractivity contribution >= 4 is 22.7 Å². The summed E-state index contributed by atoms with van der Waals surface area (Å²) in [5.74, 6) is -0.831. The molecule has 1 heterocycles. The number of fused-ring (bicyclic) bond motifs is 1. The van der Waals surface area contributed by atoms with Crippen molar-refractivity contribution in [3.63, 3.8) is 0 Å². The van der Waals surface area contributed by atoms with E-state index in [1.54, 1.807) is 13.1 Å². The van der Waals surface area contributed by atoms with E-state index in [9.17, 15) is 14.7 Å². The van der Waals surface area contributed by atoms with E-state index >= 15 is 0 Å². The molecular formula is C14H15NO4. The number of benzene rings is 1. The number of Topliss-reactive ketones (excluding diaryl/α,β-unsaturated/α-hetero) is 1. The standard InChI is InChI=1S/C14H15NO4/c1-7-5-6-9(19-4)12-10(7)11(8(2)16)13(14(17)18)15(12)3/h5-6H,1-4H3,(H,17,18). The van der Waals surface area contributed by atoms with Crippen molar-refractivity contribution in [2.75, 3.05) is 7.11 Å². The van der Waals surface area contributed by atoms with Crippen molar-refractivity contribution in [1.29, 1.82) is 0 Å². The largest absolute Gasteiger partial charge is 0.495 e. The highest BCUT2D eigenvalue weighted by atomic mass is 16.5. The Morgan fingerprint density at radius 3 is 2.42 bits per heavy atom. The lowest BCUT2D eigenvalue weighted by atomic mass is 10.0. The summed E-state index contributed by atoms with van der Waals surface area (Å²) < 4.78 is 6.77. The fourth-order valence-electron chi connectivity index (χ4n) is 2.48. The van der Waals surface area contributed by atoms with E-state index < -0.39 is 5.97 Å².